The summed E-state index contributed by atoms with van der Waals surface area (Å²) < 4.78 is 45.0. The van der Waals surface area contributed by atoms with Crippen LogP contribution in [0.1, 0.15) is 75.1 Å². The summed E-state index contributed by atoms with van der Waals surface area (Å²) in [6.45, 7) is 13.0. The Kier molecular flexibility index (Phi) is 10.7. The summed E-state index contributed by atoms with van der Waals surface area (Å²) >= 11 is 0. The average molecular weight is 795 g/mol. The van der Waals surface area contributed by atoms with Crippen LogP contribution in [0.4, 0.5) is 8.63 Å². The molecule has 2 heterocycles. The predicted octanol–water partition coefficient (Wildman–Crippen LogP) is 13.7. The van der Waals surface area contributed by atoms with Crippen LogP contribution < -0.4 is 9.47 Å². The average Bonchev–Trinajstić information content (AvgIpc) is 3.87. The van der Waals surface area contributed by atoms with E-state index in [2.05, 4.69) is 96.1 Å². The number of hydrogen-bond acceptors (Lipinski definition) is 3. The standard InChI is InChI=1S/C53H49BF2N2O2/c1-52(2,3)41-23-15-36(16-24-41)46-33-48(38-17-25-42(26-18-38)53(4,5)6)58(54(55)56)51(46)49(40-14-13-34-11-9-10-12-39(34)31-40)50-45(35-19-27-43(59-7)28-20-35)32-47(57-50)37-21-29-44(60-8)30-22-37/h9-33H,1-8H3/b50-49-. The predicted molar refractivity (Wildman–Crippen MR) is 247 cm³/mol. The molecule has 6 aromatic carbocycles. The van der Waals surface area contributed by atoms with Gasteiger partial charge >= 0.3 is 7.40 Å². The van der Waals surface area contributed by atoms with E-state index in [4.69, 9.17) is 14.5 Å². The van der Waals surface area contributed by atoms with Gasteiger partial charge in [0.05, 0.1) is 31.3 Å². The second-order valence-electron chi connectivity index (χ2n) is 17.4. The number of aliphatic imine (C=N–C) groups is 1. The Labute approximate surface area is 352 Å². The first-order valence-electron chi connectivity index (χ1n) is 20.3. The number of allylic oxidation sites excluding steroid dienone is 2. The SMILES string of the molecule is COc1ccc(C2=CC(c3ccc(OC)cc3)=N/C2=C(/c2ccc3ccccc3c2)c2c(-c3ccc(C(C)(C)C)cc3)cc(-c3ccc(C(C)(C)C)cc3)n2B(F)F)cc1. The minimum absolute atomic E-state index is 0.0943. The Bertz CT molecular complexity index is 2780. The van der Waals surface area contributed by atoms with E-state index in [0.717, 1.165) is 55.5 Å². The molecule has 0 saturated carbocycles. The Hall–Kier alpha value is -6.47. The van der Waals surface area contributed by atoms with E-state index < -0.39 is 7.40 Å². The molecule has 7 aromatic rings. The molecular formula is C53H49BF2N2O2. The van der Waals surface area contributed by atoms with Gasteiger partial charge in [-0.2, -0.15) is 0 Å². The molecular weight excluding hydrogens is 745 g/mol. The summed E-state index contributed by atoms with van der Waals surface area (Å²) in [5, 5.41) is 2.04. The van der Waals surface area contributed by atoms with Crippen molar-refractivity contribution in [1.82, 2.24) is 4.48 Å². The van der Waals surface area contributed by atoms with Crippen molar-refractivity contribution in [1.29, 1.82) is 0 Å². The van der Waals surface area contributed by atoms with Gasteiger partial charge in [0, 0.05) is 28.0 Å². The number of benzene rings is 6. The molecule has 1 aliphatic rings. The van der Waals surface area contributed by atoms with Gasteiger partial charge in [-0.3, -0.25) is 8.63 Å². The molecule has 8 rings (SSSR count). The third-order valence-corrected chi connectivity index (χ3v) is 11.4. The Balaban J connectivity index is 1.50. The van der Waals surface area contributed by atoms with E-state index in [9.17, 15) is 0 Å². The molecule has 1 aromatic heterocycles. The van der Waals surface area contributed by atoms with Gasteiger partial charge < -0.3 is 14.0 Å². The van der Waals surface area contributed by atoms with E-state index in [1.54, 1.807) is 14.2 Å². The first-order chi connectivity index (χ1) is 28.7. The highest BCUT2D eigenvalue weighted by Gasteiger charge is 2.34. The largest absolute Gasteiger partial charge is 0.678 e. The van der Waals surface area contributed by atoms with Crippen molar-refractivity contribution in [2.45, 2.75) is 52.4 Å². The monoisotopic (exact) mass is 794 g/mol. The highest BCUT2D eigenvalue weighted by molar-refractivity contribution is 6.42. The van der Waals surface area contributed by atoms with Crippen LogP contribution in [-0.4, -0.2) is 31.8 Å². The number of nitrogens with zero attached hydrogens (tertiary/aromatic N) is 2. The second kappa shape index (κ2) is 15.9. The van der Waals surface area contributed by atoms with Crippen LogP contribution in [-0.2, 0) is 10.8 Å². The lowest BCUT2D eigenvalue weighted by molar-refractivity contribution is 0.414. The normalized spacial score (nSPS) is 13.9. The molecule has 0 aliphatic carbocycles. The van der Waals surface area contributed by atoms with Crippen molar-refractivity contribution in [2.75, 3.05) is 14.2 Å². The maximum atomic E-state index is 16.4. The van der Waals surface area contributed by atoms with Crippen molar-refractivity contribution in [3.63, 3.8) is 0 Å². The molecule has 0 amide bonds. The maximum Gasteiger partial charge on any atom is 0.678 e. The summed E-state index contributed by atoms with van der Waals surface area (Å²) in [5.74, 6) is 1.44. The molecule has 60 heavy (non-hydrogen) atoms. The number of hydrogen-bond donors (Lipinski definition) is 0. The zero-order valence-electron chi connectivity index (χ0n) is 35.5. The van der Waals surface area contributed by atoms with E-state index in [0.29, 0.717) is 45.2 Å². The molecule has 0 spiro atoms. The molecule has 0 bridgehead atoms. The lowest BCUT2D eigenvalue weighted by atomic mass is 9.85. The zero-order valence-corrected chi connectivity index (χ0v) is 35.5. The fourth-order valence-electron chi connectivity index (χ4n) is 7.96. The molecule has 0 atom stereocenters. The summed E-state index contributed by atoms with van der Waals surface area (Å²) in [7, 11) is 0.385. The van der Waals surface area contributed by atoms with Crippen molar-refractivity contribution < 1.29 is 18.1 Å². The number of ether oxygens (including phenoxy) is 2. The third kappa shape index (κ3) is 7.84. The first-order valence-corrected chi connectivity index (χ1v) is 20.3. The fourth-order valence-corrected chi connectivity index (χ4v) is 7.96. The fraction of sp³-hybridized carbons (Fsp3) is 0.189. The van der Waals surface area contributed by atoms with Crippen molar-refractivity contribution in [3.05, 3.63) is 191 Å². The molecule has 0 N–H and O–H groups in total. The third-order valence-electron chi connectivity index (χ3n) is 11.4. The number of aromatic nitrogens is 1. The van der Waals surface area contributed by atoms with Crippen molar-refractivity contribution >= 4 is 35.0 Å². The van der Waals surface area contributed by atoms with Crippen LogP contribution >= 0.6 is 0 Å². The molecule has 0 saturated heterocycles. The van der Waals surface area contributed by atoms with Gasteiger partial charge in [0.15, 0.2) is 0 Å². The van der Waals surface area contributed by atoms with Crippen molar-refractivity contribution in [3.8, 4) is 33.9 Å². The number of fused-ring (bicyclic) bond motifs is 1. The van der Waals surface area contributed by atoms with E-state index in [1.807, 2.05) is 97.1 Å². The molecule has 0 unspecified atom stereocenters. The van der Waals surface area contributed by atoms with Gasteiger partial charge in [0.2, 0.25) is 0 Å². The van der Waals surface area contributed by atoms with Crippen LogP contribution in [0.15, 0.2) is 162 Å². The van der Waals surface area contributed by atoms with Gasteiger partial charge in [-0.05, 0) is 110 Å². The number of rotatable bonds is 9. The summed E-state index contributed by atoms with van der Waals surface area (Å²) in [6.07, 6.45) is 2.06. The second-order valence-corrected chi connectivity index (χ2v) is 17.4. The minimum atomic E-state index is -2.89. The number of halogens is 2. The van der Waals surface area contributed by atoms with Crippen LogP contribution in [0.25, 0.3) is 44.3 Å². The van der Waals surface area contributed by atoms with Crippen LogP contribution in [0, 0.1) is 0 Å². The Morgan fingerprint density at radius 3 is 1.62 bits per heavy atom. The van der Waals surface area contributed by atoms with Gasteiger partial charge in [-0.25, -0.2) is 4.99 Å². The highest BCUT2D eigenvalue weighted by atomic mass is 19.2. The van der Waals surface area contributed by atoms with Crippen LogP contribution in [0.3, 0.4) is 0 Å². The molecule has 0 radical (unpaired) electrons. The van der Waals surface area contributed by atoms with Gasteiger partial charge in [-0.1, -0.05) is 139 Å². The molecule has 7 heteroatoms. The molecule has 1 aliphatic heterocycles. The zero-order chi connectivity index (χ0) is 42.3. The Morgan fingerprint density at radius 1 is 0.567 bits per heavy atom. The highest BCUT2D eigenvalue weighted by Crippen LogP contribution is 2.46. The summed E-state index contributed by atoms with van der Waals surface area (Å²) in [5.41, 5.74) is 10.3. The minimum Gasteiger partial charge on any atom is -0.497 e. The quantitative estimate of drug-likeness (QED) is 0.136. The topological polar surface area (TPSA) is 35.8 Å². The van der Waals surface area contributed by atoms with Crippen LogP contribution in [0.5, 0.6) is 11.5 Å². The lowest BCUT2D eigenvalue weighted by Gasteiger charge is -2.21. The molecule has 300 valence electrons. The van der Waals surface area contributed by atoms with Gasteiger partial charge in [0.1, 0.15) is 11.5 Å². The first kappa shape index (κ1) is 40.3. The van der Waals surface area contributed by atoms with Crippen molar-refractivity contribution in [2.24, 2.45) is 4.99 Å². The smallest absolute Gasteiger partial charge is 0.497 e. The number of methoxy groups -OCH3 is 2. The molecule has 4 nitrogen and oxygen atoms in total. The van der Waals surface area contributed by atoms with Gasteiger partial charge in [-0.15, -0.1) is 0 Å². The van der Waals surface area contributed by atoms with E-state index in [-0.39, 0.29) is 10.8 Å². The van der Waals surface area contributed by atoms with Crippen LogP contribution in [0.2, 0.25) is 0 Å². The van der Waals surface area contributed by atoms with E-state index >= 15 is 8.63 Å². The maximum absolute atomic E-state index is 16.4. The summed E-state index contributed by atoms with van der Waals surface area (Å²) in [6, 6.07) is 48.2. The van der Waals surface area contributed by atoms with Gasteiger partial charge in [0.25, 0.3) is 0 Å². The molecule has 0 fully saturated rings. The van der Waals surface area contributed by atoms with E-state index in [1.165, 1.54) is 4.48 Å². The summed E-state index contributed by atoms with van der Waals surface area (Å²) in [4.78, 5) is 5.42. The lowest BCUT2D eigenvalue weighted by Crippen LogP contribution is -2.18. The Morgan fingerprint density at radius 2 is 1.08 bits per heavy atom.